The molecule has 0 aromatic carbocycles. The van der Waals surface area contributed by atoms with Crippen molar-refractivity contribution < 1.29 is 19.4 Å². The van der Waals surface area contributed by atoms with Gasteiger partial charge in [0, 0.05) is 25.1 Å². The number of aromatic nitrogens is 1. The second-order valence-corrected chi connectivity index (χ2v) is 4.89. The number of thiazole rings is 1. The Morgan fingerprint density at radius 1 is 1.63 bits per heavy atom. The maximum atomic E-state index is 11.5. The third kappa shape index (κ3) is 6.12. The van der Waals surface area contributed by atoms with Gasteiger partial charge in [0.05, 0.1) is 23.2 Å². The van der Waals surface area contributed by atoms with E-state index < -0.39 is 12.1 Å². The van der Waals surface area contributed by atoms with Crippen LogP contribution in [0.15, 0.2) is 11.5 Å². The first-order chi connectivity index (χ1) is 9.01. The number of aliphatic carboxylic acids is 1. The van der Waals surface area contributed by atoms with Crippen molar-refractivity contribution in [2.45, 2.75) is 19.4 Å². The highest BCUT2D eigenvalue weighted by atomic mass is 32.1. The number of hydrogen-bond donors (Lipinski definition) is 2. The van der Waals surface area contributed by atoms with Gasteiger partial charge in [0.15, 0.2) is 0 Å². The van der Waals surface area contributed by atoms with E-state index in [0.29, 0.717) is 0 Å². The number of aryl methyl sites for hydroxylation is 1. The van der Waals surface area contributed by atoms with Crippen LogP contribution in [0.4, 0.5) is 0 Å². The Morgan fingerprint density at radius 2 is 2.37 bits per heavy atom. The minimum absolute atomic E-state index is 0.147. The van der Waals surface area contributed by atoms with E-state index in [1.165, 1.54) is 24.5 Å². The van der Waals surface area contributed by atoms with Crippen LogP contribution in [0.3, 0.4) is 0 Å². The van der Waals surface area contributed by atoms with E-state index >= 15 is 0 Å². The molecule has 0 aliphatic carbocycles. The van der Waals surface area contributed by atoms with Crippen molar-refractivity contribution in [3.8, 4) is 0 Å². The first-order valence-electron chi connectivity index (χ1n) is 5.64. The summed E-state index contributed by atoms with van der Waals surface area (Å²) in [6.45, 7) is 2.04. The third-order valence-electron chi connectivity index (χ3n) is 2.28. The lowest BCUT2D eigenvalue weighted by Gasteiger charge is -2.12. The minimum atomic E-state index is -0.963. The Kier molecular flexibility index (Phi) is 6.17. The number of carboxylic acid groups (broad SMARTS) is 1. The lowest BCUT2D eigenvalue weighted by Crippen LogP contribution is -2.33. The van der Waals surface area contributed by atoms with E-state index in [0.717, 1.165) is 10.7 Å². The van der Waals surface area contributed by atoms with Crippen molar-refractivity contribution in [2.75, 3.05) is 13.7 Å². The zero-order chi connectivity index (χ0) is 14.3. The summed E-state index contributed by atoms with van der Waals surface area (Å²) in [7, 11) is 1.41. The number of hydrogen-bond acceptors (Lipinski definition) is 5. The van der Waals surface area contributed by atoms with Crippen LogP contribution in [0.25, 0.3) is 6.08 Å². The van der Waals surface area contributed by atoms with Gasteiger partial charge in [0.2, 0.25) is 5.91 Å². The zero-order valence-electron chi connectivity index (χ0n) is 10.8. The number of carbonyl (C=O) groups is 2. The van der Waals surface area contributed by atoms with E-state index in [9.17, 15) is 9.59 Å². The number of nitrogens with zero attached hydrogens (tertiary/aromatic N) is 1. The highest BCUT2D eigenvalue weighted by Gasteiger charge is 2.12. The lowest BCUT2D eigenvalue weighted by molar-refractivity contribution is -0.140. The Hall–Kier alpha value is -1.73. The second-order valence-electron chi connectivity index (χ2n) is 3.83. The molecule has 6 nitrogen and oxygen atoms in total. The number of carboxylic acids is 1. The Labute approximate surface area is 115 Å². The fraction of sp³-hybridized carbons (Fsp3) is 0.417. The van der Waals surface area contributed by atoms with Crippen LogP contribution in [0, 0.1) is 6.92 Å². The fourth-order valence-electron chi connectivity index (χ4n) is 1.32. The molecule has 0 aliphatic rings. The van der Waals surface area contributed by atoms with Crippen molar-refractivity contribution in [3.63, 3.8) is 0 Å². The molecule has 0 bridgehead atoms. The van der Waals surface area contributed by atoms with Gasteiger partial charge in [-0.2, -0.15) is 0 Å². The van der Waals surface area contributed by atoms with E-state index in [4.69, 9.17) is 9.84 Å². The summed E-state index contributed by atoms with van der Waals surface area (Å²) in [6.07, 6.45) is 2.29. The molecule has 1 aromatic rings. The maximum absolute atomic E-state index is 11.5. The SMILES string of the molecule is COC(CNC(=O)/C=C/c1csc(C)n1)CC(=O)O. The largest absolute Gasteiger partial charge is 0.481 e. The Balaban J connectivity index is 2.38. The van der Waals surface area contributed by atoms with Gasteiger partial charge in [-0.05, 0) is 13.0 Å². The summed E-state index contributed by atoms with van der Waals surface area (Å²) in [4.78, 5) is 26.2. The summed E-state index contributed by atoms with van der Waals surface area (Å²) in [6, 6.07) is 0. The zero-order valence-corrected chi connectivity index (χ0v) is 11.6. The third-order valence-corrected chi connectivity index (χ3v) is 3.07. The number of carbonyl (C=O) groups excluding carboxylic acids is 1. The number of nitrogens with one attached hydrogen (secondary N) is 1. The first-order valence-corrected chi connectivity index (χ1v) is 6.52. The standard InChI is InChI=1S/C12H16N2O4S/c1-8-14-9(7-19-8)3-4-11(15)13-6-10(18-2)5-12(16)17/h3-4,7,10H,5-6H2,1-2H3,(H,13,15)(H,16,17)/b4-3+. The molecule has 1 rings (SSSR count). The van der Waals surface area contributed by atoms with Crippen LogP contribution in [0.1, 0.15) is 17.1 Å². The fourth-order valence-corrected chi connectivity index (χ4v) is 1.91. The molecule has 0 radical (unpaired) electrons. The molecule has 0 aliphatic heterocycles. The highest BCUT2D eigenvalue weighted by Crippen LogP contribution is 2.08. The van der Waals surface area contributed by atoms with Crippen LogP contribution in [-0.4, -0.2) is 41.7 Å². The normalized spacial score (nSPS) is 12.5. The van der Waals surface area contributed by atoms with Gasteiger partial charge in [-0.25, -0.2) is 4.98 Å². The van der Waals surface area contributed by atoms with Crippen LogP contribution >= 0.6 is 11.3 Å². The monoisotopic (exact) mass is 284 g/mol. The molecule has 0 spiro atoms. The molecule has 1 amide bonds. The summed E-state index contributed by atoms with van der Waals surface area (Å²) in [5, 5.41) is 14.0. The van der Waals surface area contributed by atoms with E-state index in [2.05, 4.69) is 10.3 Å². The maximum Gasteiger partial charge on any atom is 0.306 e. The van der Waals surface area contributed by atoms with Gasteiger partial charge in [0.25, 0.3) is 0 Å². The van der Waals surface area contributed by atoms with E-state index in [1.807, 2.05) is 12.3 Å². The average Bonchev–Trinajstić information content (AvgIpc) is 2.77. The number of amides is 1. The number of methoxy groups -OCH3 is 1. The topological polar surface area (TPSA) is 88.5 Å². The van der Waals surface area contributed by atoms with Crippen molar-refractivity contribution >= 4 is 29.3 Å². The number of ether oxygens (including phenoxy) is 1. The smallest absolute Gasteiger partial charge is 0.306 e. The van der Waals surface area contributed by atoms with Crippen LogP contribution < -0.4 is 5.32 Å². The summed E-state index contributed by atoms with van der Waals surface area (Å²) < 4.78 is 4.95. The van der Waals surface area contributed by atoms with Gasteiger partial charge in [-0.1, -0.05) is 0 Å². The first kappa shape index (κ1) is 15.3. The predicted molar refractivity (Wildman–Crippen MR) is 71.9 cm³/mol. The molecule has 2 N–H and O–H groups in total. The quantitative estimate of drug-likeness (QED) is 0.731. The highest BCUT2D eigenvalue weighted by molar-refractivity contribution is 7.09. The molecule has 0 saturated heterocycles. The minimum Gasteiger partial charge on any atom is -0.481 e. The van der Waals surface area contributed by atoms with Gasteiger partial charge < -0.3 is 15.2 Å². The average molecular weight is 284 g/mol. The Morgan fingerprint density at radius 3 is 2.89 bits per heavy atom. The molecule has 1 atom stereocenters. The molecule has 0 saturated carbocycles. The van der Waals surface area contributed by atoms with Gasteiger partial charge in [-0.15, -0.1) is 11.3 Å². The van der Waals surface area contributed by atoms with Crippen LogP contribution in [0.2, 0.25) is 0 Å². The predicted octanol–water partition coefficient (Wildman–Crippen LogP) is 1.07. The van der Waals surface area contributed by atoms with E-state index in [1.54, 1.807) is 6.08 Å². The molecule has 19 heavy (non-hydrogen) atoms. The molecule has 1 aromatic heterocycles. The van der Waals surface area contributed by atoms with Crippen molar-refractivity contribution in [1.82, 2.24) is 10.3 Å². The van der Waals surface area contributed by atoms with E-state index in [-0.39, 0.29) is 18.9 Å². The lowest BCUT2D eigenvalue weighted by atomic mass is 10.2. The number of rotatable bonds is 7. The van der Waals surface area contributed by atoms with Gasteiger partial charge in [0.1, 0.15) is 0 Å². The summed E-state index contributed by atoms with van der Waals surface area (Å²) >= 11 is 1.51. The van der Waals surface area contributed by atoms with Crippen LogP contribution in [0.5, 0.6) is 0 Å². The molecule has 1 unspecified atom stereocenters. The molecule has 0 fully saturated rings. The van der Waals surface area contributed by atoms with Crippen molar-refractivity contribution in [1.29, 1.82) is 0 Å². The van der Waals surface area contributed by atoms with Gasteiger partial charge >= 0.3 is 5.97 Å². The molecule has 1 heterocycles. The molecule has 7 heteroatoms. The Bertz CT molecular complexity index is 470. The molecular weight excluding hydrogens is 268 g/mol. The molecular formula is C12H16N2O4S. The summed E-state index contributed by atoms with van der Waals surface area (Å²) in [5.41, 5.74) is 0.728. The molecule has 104 valence electrons. The van der Waals surface area contributed by atoms with Crippen molar-refractivity contribution in [3.05, 3.63) is 22.2 Å². The summed E-state index contributed by atoms with van der Waals surface area (Å²) in [5.74, 6) is -1.27. The van der Waals surface area contributed by atoms with Crippen LogP contribution in [-0.2, 0) is 14.3 Å². The van der Waals surface area contributed by atoms with Crippen molar-refractivity contribution in [2.24, 2.45) is 0 Å². The second kappa shape index (κ2) is 7.65. The van der Waals surface area contributed by atoms with Gasteiger partial charge in [-0.3, -0.25) is 9.59 Å².